The highest BCUT2D eigenvalue weighted by atomic mass is 79.9. The molecular formula is C18H22BrN3O2. The Hall–Kier alpha value is -1.82. The predicted octanol–water partition coefficient (Wildman–Crippen LogP) is 4.56. The van der Waals surface area contributed by atoms with Crippen LogP contribution >= 0.6 is 15.9 Å². The van der Waals surface area contributed by atoms with Gasteiger partial charge in [-0.25, -0.2) is 4.68 Å². The fourth-order valence-corrected chi connectivity index (χ4v) is 3.29. The molecule has 0 aliphatic heterocycles. The summed E-state index contributed by atoms with van der Waals surface area (Å²) < 4.78 is 8.63. The Labute approximate surface area is 150 Å². The molecular weight excluding hydrogens is 370 g/mol. The van der Waals surface area contributed by atoms with Crippen molar-refractivity contribution in [1.82, 2.24) is 9.78 Å². The van der Waals surface area contributed by atoms with E-state index in [-0.39, 0.29) is 5.91 Å². The first-order valence-electron chi connectivity index (χ1n) is 8.40. The number of nitrogens with zero attached hydrogens (tertiary/aromatic N) is 2. The number of amides is 1. The van der Waals surface area contributed by atoms with Gasteiger partial charge in [0.15, 0.2) is 6.10 Å². The molecule has 1 aromatic carbocycles. The van der Waals surface area contributed by atoms with Gasteiger partial charge >= 0.3 is 0 Å². The summed E-state index contributed by atoms with van der Waals surface area (Å²) in [6.45, 7) is 1.75. The monoisotopic (exact) mass is 391 g/mol. The number of hydrogen-bond donors (Lipinski definition) is 1. The summed E-state index contributed by atoms with van der Waals surface area (Å²) in [5, 5.41) is 7.35. The summed E-state index contributed by atoms with van der Waals surface area (Å²) in [5.74, 6) is 1.25. The van der Waals surface area contributed by atoms with Gasteiger partial charge < -0.3 is 10.1 Å². The summed E-state index contributed by atoms with van der Waals surface area (Å²) >= 11 is 3.38. The first-order valence-corrected chi connectivity index (χ1v) is 9.19. The molecule has 0 spiro atoms. The normalized spacial score (nSPS) is 16.6. The van der Waals surface area contributed by atoms with Crippen LogP contribution in [0.1, 0.15) is 45.1 Å². The van der Waals surface area contributed by atoms with E-state index in [1.165, 1.54) is 19.3 Å². The third-order valence-electron chi connectivity index (χ3n) is 4.34. The zero-order valence-corrected chi connectivity index (χ0v) is 15.3. The van der Waals surface area contributed by atoms with E-state index in [4.69, 9.17) is 4.74 Å². The number of nitrogens with one attached hydrogen (secondary N) is 1. The minimum absolute atomic E-state index is 0.171. The minimum Gasteiger partial charge on any atom is -0.481 e. The van der Waals surface area contributed by atoms with E-state index in [0.29, 0.717) is 11.8 Å². The molecule has 1 aliphatic rings. The van der Waals surface area contributed by atoms with Crippen LogP contribution in [0.15, 0.2) is 41.0 Å². The number of carbonyl (C=O) groups excluding carboxylic acids is 1. The molecule has 6 heteroatoms. The summed E-state index contributed by atoms with van der Waals surface area (Å²) in [6.07, 6.45) is 7.13. The molecule has 24 heavy (non-hydrogen) atoms. The quantitative estimate of drug-likeness (QED) is 0.812. The number of hydrogen-bond acceptors (Lipinski definition) is 3. The first kappa shape index (κ1) is 17.0. The Morgan fingerprint density at radius 1 is 1.25 bits per heavy atom. The second-order valence-electron chi connectivity index (χ2n) is 6.16. The van der Waals surface area contributed by atoms with Crippen LogP contribution < -0.4 is 10.1 Å². The van der Waals surface area contributed by atoms with E-state index in [9.17, 15) is 4.79 Å². The molecule has 2 aromatic rings. The summed E-state index contributed by atoms with van der Waals surface area (Å²) in [7, 11) is 0. The Morgan fingerprint density at radius 2 is 1.96 bits per heavy atom. The number of carbonyl (C=O) groups is 1. The predicted molar refractivity (Wildman–Crippen MR) is 97.2 cm³/mol. The molecule has 1 amide bonds. The molecule has 1 N–H and O–H groups in total. The lowest BCUT2D eigenvalue weighted by Crippen LogP contribution is -2.31. The van der Waals surface area contributed by atoms with Crippen molar-refractivity contribution < 1.29 is 9.53 Å². The topological polar surface area (TPSA) is 56.1 Å². The maximum absolute atomic E-state index is 12.4. The largest absolute Gasteiger partial charge is 0.481 e. The van der Waals surface area contributed by atoms with Crippen molar-refractivity contribution in [3.63, 3.8) is 0 Å². The van der Waals surface area contributed by atoms with Crippen molar-refractivity contribution in [3.8, 4) is 5.75 Å². The first-order chi connectivity index (χ1) is 11.6. The molecule has 1 heterocycles. The molecule has 0 bridgehead atoms. The van der Waals surface area contributed by atoms with Gasteiger partial charge in [-0.1, -0.05) is 35.2 Å². The zero-order chi connectivity index (χ0) is 16.9. The highest BCUT2D eigenvalue weighted by Gasteiger charge is 2.21. The Bertz CT molecular complexity index is 678. The van der Waals surface area contributed by atoms with Crippen molar-refractivity contribution >= 4 is 27.7 Å². The maximum Gasteiger partial charge on any atom is 0.266 e. The zero-order valence-electron chi connectivity index (χ0n) is 13.7. The number of benzene rings is 1. The fraction of sp³-hybridized carbons (Fsp3) is 0.444. The fourth-order valence-electron chi connectivity index (χ4n) is 3.03. The van der Waals surface area contributed by atoms with Crippen LogP contribution in [0.5, 0.6) is 5.75 Å². The summed E-state index contributed by atoms with van der Waals surface area (Å²) in [6, 6.07) is 9.67. The van der Waals surface area contributed by atoms with E-state index in [1.54, 1.807) is 13.1 Å². The Kier molecular flexibility index (Phi) is 5.56. The average Bonchev–Trinajstić information content (AvgIpc) is 3.05. The van der Waals surface area contributed by atoms with E-state index < -0.39 is 6.10 Å². The van der Waals surface area contributed by atoms with Gasteiger partial charge in [-0.15, -0.1) is 0 Å². The lowest BCUT2D eigenvalue weighted by molar-refractivity contribution is -0.122. The molecule has 128 valence electrons. The number of aromatic nitrogens is 2. The highest BCUT2D eigenvalue weighted by Crippen LogP contribution is 2.30. The molecule has 1 saturated carbocycles. The summed E-state index contributed by atoms with van der Waals surface area (Å²) in [5.41, 5.74) is 0. The molecule has 5 nitrogen and oxygen atoms in total. The molecule has 3 rings (SSSR count). The minimum atomic E-state index is -0.583. The molecule has 1 unspecified atom stereocenters. The van der Waals surface area contributed by atoms with E-state index in [2.05, 4.69) is 26.3 Å². The summed E-state index contributed by atoms with van der Waals surface area (Å²) in [4.78, 5) is 12.4. The number of halogens is 1. The lowest BCUT2D eigenvalue weighted by atomic mass is 9.96. The second-order valence-corrected chi connectivity index (χ2v) is 7.07. The maximum atomic E-state index is 12.4. The van der Waals surface area contributed by atoms with Gasteiger partial charge in [0.2, 0.25) is 0 Å². The Morgan fingerprint density at radius 3 is 2.67 bits per heavy atom. The van der Waals surface area contributed by atoms with Gasteiger partial charge in [-0.05, 0) is 44.0 Å². The molecule has 0 radical (unpaired) electrons. The van der Waals surface area contributed by atoms with Gasteiger partial charge in [0, 0.05) is 10.5 Å². The second kappa shape index (κ2) is 7.83. The van der Waals surface area contributed by atoms with Crippen LogP contribution in [0.2, 0.25) is 0 Å². The third kappa shape index (κ3) is 4.17. The molecule has 1 aliphatic carbocycles. The van der Waals surface area contributed by atoms with Crippen LogP contribution in [0.25, 0.3) is 0 Å². The van der Waals surface area contributed by atoms with Crippen LogP contribution in [0.4, 0.5) is 5.82 Å². The van der Waals surface area contributed by atoms with Gasteiger partial charge in [-0.3, -0.25) is 4.79 Å². The van der Waals surface area contributed by atoms with Gasteiger partial charge in [0.25, 0.3) is 5.91 Å². The standard InChI is InChI=1S/C18H22BrN3O2/c1-13(24-16-9-7-14(19)8-10-16)18(23)21-17-11-12-20-22(17)15-5-3-2-4-6-15/h7-13,15H,2-6H2,1H3,(H,21,23). The van der Waals surface area contributed by atoms with Gasteiger partial charge in [0.05, 0.1) is 12.2 Å². The number of ether oxygens (including phenoxy) is 1. The van der Waals surface area contributed by atoms with E-state index >= 15 is 0 Å². The highest BCUT2D eigenvalue weighted by molar-refractivity contribution is 9.10. The van der Waals surface area contributed by atoms with Crippen LogP contribution in [0.3, 0.4) is 0 Å². The van der Waals surface area contributed by atoms with Crippen molar-refractivity contribution in [2.24, 2.45) is 0 Å². The van der Waals surface area contributed by atoms with Gasteiger partial charge in [-0.2, -0.15) is 5.10 Å². The van der Waals surface area contributed by atoms with Crippen molar-refractivity contribution in [2.75, 3.05) is 5.32 Å². The SMILES string of the molecule is CC(Oc1ccc(Br)cc1)C(=O)Nc1ccnn1C1CCCCC1. The number of anilines is 1. The van der Waals surface area contributed by atoms with Crippen LogP contribution in [-0.4, -0.2) is 21.8 Å². The third-order valence-corrected chi connectivity index (χ3v) is 4.87. The van der Waals surface area contributed by atoms with Crippen LogP contribution in [0, 0.1) is 0 Å². The molecule has 0 saturated heterocycles. The molecule has 1 atom stereocenters. The van der Waals surface area contributed by atoms with E-state index in [1.807, 2.05) is 35.0 Å². The lowest BCUT2D eigenvalue weighted by Gasteiger charge is -2.24. The molecule has 1 fully saturated rings. The van der Waals surface area contributed by atoms with Crippen molar-refractivity contribution in [2.45, 2.75) is 51.2 Å². The van der Waals surface area contributed by atoms with Crippen molar-refractivity contribution in [3.05, 3.63) is 41.0 Å². The number of rotatable bonds is 5. The molecule has 1 aromatic heterocycles. The van der Waals surface area contributed by atoms with Gasteiger partial charge in [0.1, 0.15) is 11.6 Å². The Balaban J connectivity index is 1.62. The smallest absolute Gasteiger partial charge is 0.266 e. The van der Waals surface area contributed by atoms with Crippen LogP contribution in [-0.2, 0) is 4.79 Å². The average molecular weight is 392 g/mol. The van der Waals surface area contributed by atoms with E-state index in [0.717, 1.165) is 23.1 Å². The van der Waals surface area contributed by atoms with Crippen molar-refractivity contribution in [1.29, 1.82) is 0 Å².